The van der Waals surface area contributed by atoms with Crippen molar-refractivity contribution in [1.82, 2.24) is 10.1 Å². The predicted octanol–water partition coefficient (Wildman–Crippen LogP) is 2.42. The lowest BCUT2D eigenvalue weighted by atomic mass is 10.1. The highest BCUT2D eigenvalue weighted by atomic mass is 16.5. The molecule has 2 atom stereocenters. The van der Waals surface area contributed by atoms with E-state index in [4.69, 9.17) is 10.3 Å². The molecule has 96 valence electrons. The third-order valence-electron chi connectivity index (χ3n) is 3.14. The van der Waals surface area contributed by atoms with E-state index >= 15 is 0 Å². The van der Waals surface area contributed by atoms with Crippen LogP contribution in [-0.2, 0) is 6.42 Å². The van der Waals surface area contributed by atoms with Gasteiger partial charge in [-0.25, -0.2) is 0 Å². The van der Waals surface area contributed by atoms with E-state index in [2.05, 4.69) is 41.3 Å². The molecule has 4 heteroatoms. The fraction of sp³-hybridized carbons (Fsp3) is 0.429. The van der Waals surface area contributed by atoms with Gasteiger partial charge in [0.25, 0.3) is 0 Å². The highest BCUT2D eigenvalue weighted by molar-refractivity contribution is 5.23. The summed E-state index contributed by atoms with van der Waals surface area (Å²) in [5.41, 5.74) is 8.25. The van der Waals surface area contributed by atoms with E-state index in [0.717, 1.165) is 0 Å². The summed E-state index contributed by atoms with van der Waals surface area (Å²) < 4.78 is 5.24. The van der Waals surface area contributed by atoms with Gasteiger partial charge in [0.2, 0.25) is 5.89 Å². The normalized spacial score (nSPS) is 14.4. The number of hydrogen-bond acceptors (Lipinski definition) is 4. The molecule has 0 aliphatic carbocycles. The maximum Gasteiger partial charge on any atom is 0.231 e. The zero-order chi connectivity index (χ0) is 13.1. The molecule has 0 amide bonds. The summed E-state index contributed by atoms with van der Waals surface area (Å²) in [6.07, 6.45) is 0.690. The minimum Gasteiger partial charge on any atom is -0.339 e. The van der Waals surface area contributed by atoms with Gasteiger partial charge < -0.3 is 10.3 Å². The van der Waals surface area contributed by atoms with Crippen LogP contribution in [-0.4, -0.2) is 16.2 Å². The van der Waals surface area contributed by atoms with Crippen molar-refractivity contribution in [2.75, 3.05) is 0 Å². The van der Waals surface area contributed by atoms with Gasteiger partial charge in [-0.15, -0.1) is 0 Å². The third kappa shape index (κ3) is 2.96. The van der Waals surface area contributed by atoms with E-state index in [0.29, 0.717) is 18.1 Å². The minimum absolute atomic E-state index is 0.0117. The standard InChI is InChI=1S/C14H19N3O/c1-9-4-6-12(7-5-9)8-13-16-14(18-17-13)10(2)11(3)15/h4-7,10-11H,8,15H2,1-3H3. The molecule has 2 unspecified atom stereocenters. The van der Waals surface area contributed by atoms with Gasteiger partial charge in [-0.1, -0.05) is 41.9 Å². The Kier molecular flexibility index (Phi) is 3.77. The number of nitrogens with zero attached hydrogens (tertiary/aromatic N) is 2. The van der Waals surface area contributed by atoms with Crippen LogP contribution in [0.2, 0.25) is 0 Å². The zero-order valence-electron chi connectivity index (χ0n) is 11.1. The van der Waals surface area contributed by atoms with Crippen LogP contribution >= 0.6 is 0 Å². The van der Waals surface area contributed by atoms with Gasteiger partial charge in [-0.2, -0.15) is 4.98 Å². The van der Waals surface area contributed by atoms with Crippen LogP contribution in [0.5, 0.6) is 0 Å². The molecule has 18 heavy (non-hydrogen) atoms. The topological polar surface area (TPSA) is 64.9 Å². The molecule has 1 aromatic carbocycles. The van der Waals surface area contributed by atoms with Crippen LogP contribution in [0.25, 0.3) is 0 Å². The average molecular weight is 245 g/mol. The van der Waals surface area contributed by atoms with E-state index in [9.17, 15) is 0 Å². The summed E-state index contributed by atoms with van der Waals surface area (Å²) in [6, 6.07) is 8.35. The predicted molar refractivity (Wildman–Crippen MR) is 70.3 cm³/mol. The summed E-state index contributed by atoms with van der Waals surface area (Å²) in [7, 11) is 0. The van der Waals surface area contributed by atoms with E-state index in [1.165, 1.54) is 11.1 Å². The van der Waals surface area contributed by atoms with E-state index in [1.54, 1.807) is 0 Å². The molecule has 0 spiro atoms. The van der Waals surface area contributed by atoms with Crippen molar-refractivity contribution in [2.24, 2.45) is 5.73 Å². The summed E-state index contributed by atoms with van der Waals surface area (Å²) in [6.45, 7) is 6.00. The van der Waals surface area contributed by atoms with Crippen LogP contribution in [0.3, 0.4) is 0 Å². The molecule has 0 saturated heterocycles. The van der Waals surface area contributed by atoms with Crippen molar-refractivity contribution in [3.05, 3.63) is 47.1 Å². The molecule has 0 radical (unpaired) electrons. The van der Waals surface area contributed by atoms with E-state index in [-0.39, 0.29) is 12.0 Å². The molecule has 1 aromatic heterocycles. The lowest BCUT2D eigenvalue weighted by Gasteiger charge is -2.09. The average Bonchev–Trinajstić information content (AvgIpc) is 2.79. The Morgan fingerprint density at radius 1 is 1.22 bits per heavy atom. The molecular formula is C14H19N3O. The Balaban J connectivity index is 2.09. The molecule has 0 fully saturated rings. The van der Waals surface area contributed by atoms with Crippen LogP contribution in [0.4, 0.5) is 0 Å². The minimum atomic E-state index is 0.0117. The second-order valence-electron chi connectivity index (χ2n) is 4.86. The van der Waals surface area contributed by atoms with Crippen LogP contribution in [0.1, 0.15) is 42.6 Å². The third-order valence-corrected chi connectivity index (χ3v) is 3.14. The fourth-order valence-electron chi connectivity index (χ4n) is 1.64. The Bertz CT molecular complexity index is 502. The summed E-state index contributed by atoms with van der Waals surface area (Å²) >= 11 is 0. The van der Waals surface area contributed by atoms with Crippen molar-refractivity contribution in [3.8, 4) is 0 Å². The first-order chi connectivity index (χ1) is 8.56. The molecule has 1 heterocycles. The Morgan fingerprint density at radius 2 is 1.89 bits per heavy atom. The van der Waals surface area contributed by atoms with Gasteiger partial charge in [0.1, 0.15) is 0 Å². The van der Waals surface area contributed by atoms with Gasteiger partial charge in [0, 0.05) is 12.5 Å². The van der Waals surface area contributed by atoms with Crippen LogP contribution < -0.4 is 5.73 Å². The number of benzene rings is 1. The first-order valence-corrected chi connectivity index (χ1v) is 6.20. The SMILES string of the molecule is Cc1ccc(Cc2noc(C(C)C(C)N)n2)cc1. The first-order valence-electron chi connectivity index (χ1n) is 6.20. The molecule has 2 N–H and O–H groups in total. The Hall–Kier alpha value is -1.68. The molecule has 2 aromatic rings. The molecule has 0 aliphatic heterocycles. The maximum absolute atomic E-state index is 5.82. The van der Waals surface area contributed by atoms with Crippen LogP contribution in [0, 0.1) is 6.92 Å². The fourth-order valence-corrected chi connectivity index (χ4v) is 1.64. The van der Waals surface area contributed by atoms with Crippen molar-refractivity contribution in [2.45, 2.75) is 39.2 Å². The summed E-state index contributed by atoms with van der Waals surface area (Å²) in [5, 5.41) is 4.00. The maximum atomic E-state index is 5.82. The Labute approximate surface area is 107 Å². The van der Waals surface area contributed by atoms with Crippen molar-refractivity contribution >= 4 is 0 Å². The van der Waals surface area contributed by atoms with Gasteiger partial charge in [0.15, 0.2) is 5.82 Å². The number of rotatable bonds is 4. The molecule has 0 bridgehead atoms. The second-order valence-corrected chi connectivity index (χ2v) is 4.86. The quantitative estimate of drug-likeness (QED) is 0.898. The van der Waals surface area contributed by atoms with Gasteiger partial charge in [-0.3, -0.25) is 0 Å². The number of nitrogens with two attached hydrogens (primary N) is 1. The molecule has 0 aliphatic rings. The highest BCUT2D eigenvalue weighted by Crippen LogP contribution is 2.16. The van der Waals surface area contributed by atoms with E-state index < -0.39 is 0 Å². The number of aromatic nitrogens is 2. The van der Waals surface area contributed by atoms with Crippen molar-refractivity contribution < 1.29 is 4.52 Å². The summed E-state index contributed by atoms with van der Waals surface area (Å²) in [5.74, 6) is 1.41. The lowest BCUT2D eigenvalue weighted by Crippen LogP contribution is -2.22. The number of hydrogen-bond donors (Lipinski definition) is 1. The zero-order valence-corrected chi connectivity index (χ0v) is 11.1. The molecule has 2 rings (SSSR count). The monoisotopic (exact) mass is 245 g/mol. The Morgan fingerprint density at radius 3 is 2.50 bits per heavy atom. The molecular weight excluding hydrogens is 226 g/mol. The highest BCUT2D eigenvalue weighted by Gasteiger charge is 2.17. The lowest BCUT2D eigenvalue weighted by molar-refractivity contribution is 0.343. The molecule has 0 saturated carbocycles. The van der Waals surface area contributed by atoms with Gasteiger partial charge in [-0.05, 0) is 19.4 Å². The first kappa shape index (κ1) is 12.8. The van der Waals surface area contributed by atoms with E-state index in [1.807, 2.05) is 13.8 Å². The van der Waals surface area contributed by atoms with Crippen LogP contribution in [0.15, 0.2) is 28.8 Å². The van der Waals surface area contributed by atoms with Crippen molar-refractivity contribution in [3.63, 3.8) is 0 Å². The van der Waals surface area contributed by atoms with Gasteiger partial charge >= 0.3 is 0 Å². The second kappa shape index (κ2) is 5.31. The van der Waals surface area contributed by atoms with Crippen molar-refractivity contribution in [1.29, 1.82) is 0 Å². The van der Waals surface area contributed by atoms with Gasteiger partial charge in [0.05, 0.1) is 5.92 Å². The summed E-state index contributed by atoms with van der Waals surface area (Å²) in [4.78, 5) is 4.39. The molecule has 4 nitrogen and oxygen atoms in total. The largest absolute Gasteiger partial charge is 0.339 e. The number of aryl methyl sites for hydroxylation is 1. The smallest absolute Gasteiger partial charge is 0.231 e.